The van der Waals surface area contributed by atoms with Gasteiger partial charge in [0.1, 0.15) is 0 Å². The Kier molecular flexibility index (Phi) is 5.05. The van der Waals surface area contributed by atoms with E-state index in [0.29, 0.717) is 18.0 Å². The predicted octanol–water partition coefficient (Wildman–Crippen LogP) is 1.92. The molecule has 0 aromatic rings. The zero-order valence-electron chi connectivity index (χ0n) is 12.4. The van der Waals surface area contributed by atoms with Crippen LogP contribution in [0.4, 0.5) is 0 Å². The van der Waals surface area contributed by atoms with Gasteiger partial charge in [-0.25, -0.2) is 0 Å². The Morgan fingerprint density at radius 2 is 2.00 bits per heavy atom. The van der Waals surface area contributed by atoms with Gasteiger partial charge in [-0.2, -0.15) is 0 Å². The lowest BCUT2D eigenvalue weighted by Gasteiger charge is -2.48. The van der Waals surface area contributed by atoms with Crippen LogP contribution >= 0.6 is 0 Å². The molecule has 0 aromatic heterocycles. The topological polar surface area (TPSA) is 32.5 Å². The first kappa shape index (κ1) is 14.3. The van der Waals surface area contributed by atoms with Gasteiger partial charge in [0.25, 0.3) is 0 Å². The fraction of sp³-hybridized carbons (Fsp3) is 1.00. The van der Waals surface area contributed by atoms with E-state index in [1.54, 1.807) is 0 Å². The van der Waals surface area contributed by atoms with Gasteiger partial charge in [0.15, 0.2) is 0 Å². The zero-order valence-corrected chi connectivity index (χ0v) is 12.4. The Morgan fingerprint density at radius 3 is 2.72 bits per heavy atom. The molecule has 2 fully saturated rings. The summed E-state index contributed by atoms with van der Waals surface area (Å²) < 4.78 is 0. The van der Waals surface area contributed by atoms with Gasteiger partial charge < -0.3 is 5.73 Å². The molecule has 0 aliphatic carbocycles. The van der Waals surface area contributed by atoms with E-state index in [1.807, 2.05) is 0 Å². The molecule has 2 rings (SSSR count). The molecular weight excluding hydrogens is 222 g/mol. The Bertz CT molecular complexity index is 254. The van der Waals surface area contributed by atoms with Crippen molar-refractivity contribution in [2.75, 3.05) is 26.2 Å². The summed E-state index contributed by atoms with van der Waals surface area (Å²) in [7, 11) is 0. The second-order valence-corrected chi connectivity index (χ2v) is 6.84. The number of piperidine rings is 1. The highest BCUT2D eigenvalue weighted by molar-refractivity contribution is 4.90. The van der Waals surface area contributed by atoms with Gasteiger partial charge in [0.05, 0.1) is 0 Å². The first-order valence-corrected chi connectivity index (χ1v) is 7.80. The molecular formula is C15H31N3. The highest BCUT2D eigenvalue weighted by Crippen LogP contribution is 2.24. The fourth-order valence-corrected chi connectivity index (χ4v) is 3.65. The lowest BCUT2D eigenvalue weighted by atomic mass is 9.96. The maximum atomic E-state index is 6.28. The van der Waals surface area contributed by atoms with E-state index in [0.717, 1.165) is 19.0 Å². The molecule has 2 aliphatic heterocycles. The molecule has 0 saturated carbocycles. The molecule has 3 atom stereocenters. The minimum atomic E-state index is 0.350. The van der Waals surface area contributed by atoms with Crippen LogP contribution in [-0.4, -0.2) is 54.1 Å². The van der Waals surface area contributed by atoms with Crippen molar-refractivity contribution < 1.29 is 0 Å². The van der Waals surface area contributed by atoms with Crippen LogP contribution in [0.1, 0.15) is 46.5 Å². The van der Waals surface area contributed by atoms with E-state index >= 15 is 0 Å². The summed E-state index contributed by atoms with van der Waals surface area (Å²) in [5.41, 5.74) is 6.28. The van der Waals surface area contributed by atoms with E-state index in [9.17, 15) is 0 Å². The van der Waals surface area contributed by atoms with E-state index in [4.69, 9.17) is 5.73 Å². The molecule has 106 valence electrons. The summed E-state index contributed by atoms with van der Waals surface area (Å²) in [6, 6.07) is 1.83. The average molecular weight is 253 g/mol. The molecule has 0 spiro atoms. The van der Waals surface area contributed by atoms with E-state index < -0.39 is 0 Å². The highest BCUT2D eigenvalue weighted by atomic mass is 15.3. The quantitative estimate of drug-likeness (QED) is 0.831. The maximum Gasteiger partial charge on any atom is 0.0223 e. The van der Waals surface area contributed by atoms with Crippen molar-refractivity contribution in [3.63, 3.8) is 0 Å². The third kappa shape index (κ3) is 3.69. The first-order valence-electron chi connectivity index (χ1n) is 7.80. The van der Waals surface area contributed by atoms with Gasteiger partial charge in [0, 0.05) is 37.8 Å². The number of rotatable bonds is 4. The minimum absolute atomic E-state index is 0.350. The van der Waals surface area contributed by atoms with Crippen molar-refractivity contribution >= 4 is 0 Å². The van der Waals surface area contributed by atoms with Crippen LogP contribution in [0.25, 0.3) is 0 Å². The van der Waals surface area contributed by atoms with Crippen LogP contribution in [-0.2, 0) is 0 Å². The third-order valence-electron chi connectivity index (χ3n) is 4.56. The van der Waals surface area contributed by atoms with Crippen molar-refractivity contribution in [2.45, 2.75) is 64.6 Å². The monoisotopic (exact) mass is 253 g/mol. The van der Waals surface area contributed by atoms with Crippen molar-refractivity contribution in [2.24, 2.45) is 11.7 Å². The van der Waals surface area contributed by atoms with Crippen molar-refractivity contribution in [3.8, 4) is 0 Å². The van der Waals surface area contributed by atoms with Crippen LogP contribution in [0.3, 0.4) is 0 Å². The van der Waals surface area contributed by atoms with Gasteiger partial charge >= 0.3 is 0 Å². The Morgan fingerprint density at radius 1 is 1.22 bits per heavy atom. The van der Waals surface area contributed by atoms with Crippen LogP contribution < -0.4 is 5.73 Å². The van der Waals surface area contributed by atoms with Crippen molar-refractivity contribution in [1.29, 1.82) is 0 Å². The number of piperazine rings is 1. The third-order valence-corrected chi connectivity index (χ3v) is 4.56. The summed E-state index contributed by atoms with van der Waals surface area (Å²) in [5, 5.41) is 0. The van der Waals surface area contributed by atoms with Gasteiger partial charge in [-0.15, -0.1) is 0 Å². The SMILES string of the molecule is CC(C)CC(N)CN1CC2CCCCN2CC1C. The number of hydrogen-bond acceptors (Lipinski definition) is 3. The molecule has 18 heavy (non-hydrogen) atoms. The molecule has 2 saturated heterocycles. The van der Waals surface area contributed by atoms with Gasteiger partial charge in [-0.05, 0) is 38.6 Å². The summed E-state index contributed by atoms with van der Waals surface area (Å²) in [6.07, 6.45) is 5.36. The van der Waals surface area contributed by atoms with Crippen LogP contribution in [0.2, 0.25) is 0 Å². The number of fused-ring (bicyclic) bond motifs is 1. The second-order valence-electron chi connectivity index (χ2n) is 6.84. The Balaban J connectivity index is 1.85. The molecule has 2 N–H and O–H groups in total. The fourth-order valence-electron chi connectivity index (χ4n) is 3.65. The minimum Gasteiger partial charge on any atom is -0.327 e. The summed E-state index contributed by atoms with van der Waals surface area (Å²) in [6.45, 7) is 11.8. The molecule has 2 aliphatic rings. The normalized spacial score (nSPS) is 32.5. The molecule has 3 heteroatoms. The van der Waals surface area contributed by atoms with Gasteiger partial charge in [-0.1, -0.05) is 20.3 Å². The standard InChI is InChI=1S/C15H31N3/c1-12(2)8-14(16)10-18-11-15-6-4-5-7-17(15)9-13(18)3/h12-15H,4-11,16H2,1-3H3. The highest BCUT2D eigenvalue weighted by Gasteiger charge is 2.33. The first-order chi connectivity index (χ1) is 8.56. The molecule has 0 radical (unpaired) electrons. The Hall–Kier alpha value is -0.120. The molecule has 0 aromatic carbocycles. The summed E-state index contributed by atoms with van der Waals surface area (Å²) in [5.74, 6) is 0.714. The van der Waals surface area contributed by atoms with Crippen molar-refractivity contribution in [3.05, 3.63) is 0 Å². The largest absolute Gasteiger partial charge is 0.327 e. The van der Waals surface area contributed by atoms with Crippen LogP contribution in [0, 0.1) is 5.92 Å². The maximum absolute atomic E-state index is 6.28. The molecule has 0 bridgehead atoms. The zero-order chi connectivity index (χ0) is 13.1. The number of nitrogens with two attached hydrogens (primary N) is 1. The predicted molar refractivity (Wildman–Crippen MR) is 77.7 cm³/mol. The van der Waals surface area contributed by atoms with E-state index in [1.165, 1.54) is 38.9 Å². The van der Waals surface area contributed by atoms with Crippen LogP contribution in [0.5, 0.6) is 0 Å². The van der Waals surface area contributed by atoms with Gasteiger partial charge in [-0.3, -0.25) is 9.80 Å². The molecule has 3 unspecified atom stereocenters. The molecule has 0 amide bonds. The molecule has 3 nitrogen and oxygen atoms in total. The summed E-state index contributed by atoms with van der Waals surface area (Å²) >= 11 is 0. The lowest BCUT2D eigenvalue weighted by Crippen LogP contribution is -2.60. The number of nitrogens with zero attached hydrogens (tertiary/aromatic N) is 2. The van der Waals surface area contributed by atoms with Crippen LogP contribution in [0.15, 0.2) is 0 Å². The van der Waals surface area contributed by atoms with E-state index in [2.05, 4.69) is 30.6 Å². The van der Waals surface area contributed by atoms with Crippen molar-refractivity contribution in [1.82, 2.24) is 9.80 Å². The average Bonchev–Trinajstić information content (AvgIpc) is 2.29. The summed E-state index contributed by atoms with van der Waals surface area (Å²) in [4.78, 5) is 5.35. The lowest BCUT2D eigenvalue weighted by molar-refractivity contribution is 0.0118. The number of hydrogen-bond donors (Lipinski definition) is 1. The Labute approximate surface area is 113 Å². The second kappa shape index (κ2) is 6.36. The van der Waals surface area contributed by atoms with Gasteiger partial charge in [0.2, 0.25) is 0 Å². The molecule has 2 heterocycles. The van der Waals surface area contributed by atoms with E-state index in [-0.39, 0.29) is 0 Å². The smallest absolute Gasteiger partial charge is 0.0223 e.